The molecule has 1 N–H and O–H groups in total. The molecule has 8 heteroatoms. The minimum absolute atomic E-state index is 0.254. The van der Waals surface area contributed by atoms with Crippen LogP contribution < -0.4 is 4.90 Å². The van der Waals surface area contributed by atoms with E-state index >= 15 is 0 Å². The van der Waals surface area contributed by atoms with E-state index in [1.165, 1.54) is 12.8 Å². The molecule has 1 aliphatic carbocycles. The number of fused-ring (bicyclic) bond motifs is 2. The van der Waals surface area contributed by atoms with Crippen LogP contribution in [0.5, 0.6) is 0 Å². The fraction of sp³-hybridized carbons (Fsp3) is 0.455. The van der Waals surface area contributed by atoms with Gasteiger partial charge in [0, 0.05) is 29.9 Å². The third kappa shape index (κ3) is 2.78. The standard InChI is InChI=1S/C22H25N7O/c1-14-13-30-11-10-28(14)21-18-12-25-29(15-4-2-3-5-15)22(18)27-20(26-21)17-7-9-24-19-16(17)6-8-23-19/h6-9,12,14-15H,2-5,10-11,13H2,1H3,(H,23,24). The lowest BCUT2D eigenvalue weighted by Crippen LogP contribution is -2.44. The number of nitrogens with zero attached hydrogens (tertiary/aromatic N) is 6. The number of H-pyrrole nitrogens is 1. The molecule has 1 saturated heterocycles. The highest BCUT2D eigenvalue weighted by molar-refractivity contribution is 5.94. The Bertz CT molecular complexity index is 1210. The molecule has 1 unspecified atom stereocenters. The number of hydrogen-bond acceptors (Lipinski definition) is 6. The third-order valence-electron chi connectivity index (χ3n) is 6.45. The molecule has 2 aliphatic rings. The maximum absolute atomic E-state index is 5.68. The summed E-state index contributed by atoms with van der Waals surface area (Å²) in [6.45, 7) is 4.41. The van der Waals surface area contributed by atoms with Crippen molar-refractivity contribution in [3.63, 3.8) is 0 Å². The minimum Gasteiger partial charge on any atom is -0.377 e. The smallest absolute Gasteiger partial charge is 0.164 e. The summed E-state index contributed by atoms with van der Waals surface area (Å²) in [5.74, 6) is 1.68. The zero-order chi connectivity index (χ0) is 20.1. The molecule has 4 aromatic rings. The van der Waals surface area contributed by atoms with Gasteiger partial charge in [0.05, 0.1) is 36.9 Å². The number of rotatable bonds is 3. The Kier molecular flexibility index (Phi) is 4.19. The zero-order valence-electron chi connectivity index (χ0n) is 17.1. The highest BCUT2D eigenvalue weighted by atomic mass is 16.5. The van der Waals surface area contributed by atoms with Crippen LogP contribution in [-0.2, 0) is 4.74 Å². The molecule has 0 aromatic carbocycles. The normalized spacial score (nSPS) is 20.6. The lowest BCUT2D eigenvalue weighted by atomic mass is 10.1. The molecule has 0 amide bonds. The molecule has 4 aromatic heterocycles. The first kappa shape index (κ1) is 17.8. The highest BCUT2D eigenvalue weighted by Gasteiger charge is 2.27. The first-order chi connectivity index (χ1) is 14.8. The summed E-state index contributed by atoms with van der Waals surface area (Å²) in [5, 5.41) is 6.84. The number of morpholine rings is 1. The van der Waals surface area contributed by atoms with Gasteiger partial charge < -0.3 is 14.6 Å². The Labute approximate surface area is 174 Å². The molecule has 8 nitrogen and oxygen atoms in total. The van der Waals surface area contributed by atoms with Crippen molar-refractivity contribution in [3.05, 3.63) is 30.7 Å². The fourth-order valence-corrected chi connectivity index (χ4v) is 4.86. The summed E-state index contributed by atoms with van der Waals surface area (Å²) < 4.78 is 7.81. The Morgan fingerprint density at radius 2 is 2.03 bits per heavy atom. The number of pyridine rings is 1. The molecule has 5 heterocycles. The predicted octanol–water partition coefficient (Wildman–Crippen LogP) is 3.71. The van der Waals surface area contributed by atoms with Crippen LogP contribution in [0.1, 0.15) is 38.6 Å². The molecular formula is C22H25N7O. The largest absolute Gasteiger partial charge is 0.377 e. The van der Waals surface area contributed by atoms with Gasteiger partial charge in [-0.15, -0.1) is 0 Å². The van der Waals surface area contributed by atoms with E-state index in [-0.39, 0.29) is 6.04 Å². The molecule has 2 fully saturated rings. The quantitative estimate of drug-likeness (QED) is 0.561. The molecular weight excluding hydrogens is 378 g/mol. The monoisotopic (exact) mass is 403 g/mol. The minimum atomic E-state index is 0.254. The summed E-state index contributed by atoms with van der Waals surface area (Å²) in [6.07, 6.45) is 10.5. The first-order valence-electron chi connectivity index (χ1n) is 10.8. The van der Waals surface area contributed by atoms with Gasteiger partial charge in [-0.25, -0.2) is 19.6 Å². The second kappa shape index (κ2) is 7.05. The fourth-order valence-electron chi connectivity index (χ4n) is 4.86. The van der Waals surface area contributed by atoms with Crippen molar-refractivity contribution in [2.24, 2.45) is 0 Å². The number of anilines is 1. The molecule has 6 rings (SSSR count). The summed E-state index contributed by atoms with van der Waals surface area (Å²) in [7, 11) is 0. The lowest BCUT2D eigenvalue weighted by Gasteiger charge is -2.34. The summed E-state index contributed by atoms with van der Waals surface area (Å²) in [6, 6.07) is 4.71. The van der Waals surface area contributed by atoms with E-state index in [2.05, 4.69) is 26.5 Å². The van der Waals surface area contributed by atoms with Gasteiger partial charge in [0.25, 0.3) is 0 Å². The SMILES string of the molecule is CC1COCCN1c1nc(-c2ccnc3[nH]ccc23)nc2c1cnn2C1CCCC1. The van der Waals surface area contributed by atoms with Crippen LogP contribution in [0.4, 0.5) is 5.82 Å². The van der Waals surface area contributed by atoms with Gasteiger partial charge in [-0.3, -0.25) is 0 Å². The van der Waals surface area contributed by atoms with Crippen molar-refractivity contribution in [2.75, 3.05) is 24.7 Å². The van der Waals surface area contributed by atoms with E-state index in [0.29, 0.717) is 19.3 Å². The maximum atomic E-state index is 5.68. The Morgan fingerprint density at radius 3 is 2.90 bits per heavy atom. The number of hydrogen-bond donors (Lipinski definition) is 1. The summed E-state index contributed by atoms with van der Waals surface area (Å²) in [5.41, 5.74) is 2.77. The lowest BCUT2D eigenvalue weighted by molar-refractivity contribution is 0.0987. The Hall–Kier alpha value is -3.00. The molecule has 0 bridgehead atoms. The molecule has 1 saturated carbocycles. The van der Waals surface area contributed by atoms with Gasteiger partial charge >= 0.3 is 0 Å². The van der Waals surface area contributed by atoms with Crippen molar-refractivity contribution >= 4 is 27.9 Å². The van der Waals surface area contributed by atoms with E-state index in [1.807, 2.05) is 30.7 Å². The van der Waals surface area contributed by atoms with Gasteiger partial charge in [-0.05, 0) is 31.9 Å². The molecule has 0 radical (unpaired) electrons. The molecule has 30 heavy (non-hydrogen) atoms. The Balaban J connectivity index is 1.59. The van der Waals surface area contributed by atoms with Crippen LogP contribution in [0.2, 0.25) is 0 Å². The predicted molar refractivity (Wildman–Crippen MR) is 116 cm³/mol. The van der Waals surface area contributed by atoms with Crippen LogP contribution >= 0.6 is 0 Å². The summed E-state index contributed by atoms with van der Waals surface area (Å²) >= 11 is 0. The second-order valence-corrected chi connectivity index (χ2v) is 8.35. The highest BCUT2D eigenvalue weighted by Crippen LogP contribution is 2.36. The van der Waals surface area contributed by atoms with E-state index in [0.717, 1.165) is 58.7 Å². The molecule has 1 aliphatic heterocycles. The molecule has 1 atom stereocenters. The van der Waals surface area contributed by atoms with Crippen LogP contribution in [-0.4, -0.2) is 55.5 Å². The maximum Gasteiger partial charge on any atom is 0.164 e. The third-order valence-corrected chi connectivity index (χ3v) is 6.45. The van der Waals surface area contributed by atoms with E-state index < -0.39 is 0 Å². The van der Waals surface area contributed by atoms with Gasteiger partial charge in [0.15, 0.2) is 11.5 Å². The average Bonchev–Trinajstić information content (AvgIpc) is 3.52. The van der Waals surface area contributed by atoms with Crippen molar-refractivity contribution < 1.29 is 4.74 Å². The number of nitrogens with one attached hydrogen (secondary N) is 1. The van der Waals surface area contributed by atoms with E-state index in [1.54, 1.807) is 0 Å². The van der Waals surface area contributed by atoms with Crippen LogP contribution in [0, 0.1) is 0 Å². The van der Waals surface area contributed by atoms with Crippen molar-refractivity contribution in [2.45, 2.75) is 44.7 Å². The van der Waals surface area contributed by atoms with Gasteiger partial charge in [-0.2, -0.15) is 5.10 Å². The van der Waals surface area contributed by atoms with Crippen LogP contribution in [0.25, 0.3) is 33.5 Å². The van der Waals surface area contributed by atoms with Gasteiger partial charge in [0.1, 0.15) is 11.5 Å². The zero-order valence-corrected chi connectivity index (χ0v) is 17.1. The molecule has 154 valence electrons. The van der Waals surface area contributed by atoms with E-state index in [4.69, 9.17) is 19.8 Å². The van der Waals surface area contributed by atoms with Crippen LogP contribution in [0.15, 0.2) is 30.7 Å². The molecule has 0 spiro atoms. The average molecular weight is 403 g/mol. The second-order valence-electron chi connectivity index (χ2n) is 8.35. The van der Waals surface area contributed by atoms with Crippen LogP contribution in [0.3, 0.4) is 0 Å². The van der Waals surface area contributed by atoms with Crippen molar-refractivity contribution in [3.8, 4) is 11.4 Å². The topological polar surface area (TPSA) is 84.8 Å². The van der Waals surface area contributed by atoms with E-state index in [9.17, 15) is 0 Å². The first-order valence-corrected chi connectivity index (χ1v) is 10.8. The van der Waals surface area contributed by atoms with Gasteiger partial charge in [-0.1, -0.05) is 12.8 Å². The number of aromatic amines is 1. The number of aromatic nitrogens is 6. The van der Waals surface area contributed by atoms with Gasteiger partial charge in [0.2, 0.25) is 0 Å². The van der Waals surface area contributed by atoms with Crippen molar-refractivity contribution in [1.29, 1.82) is 0 Å². The van der Waals surface area contributed by atoms with Crippen molar-refractivity contribution in [1.82, 2.24) is 29.7 Å². The Morgan fingerprint density at radius 1 is 1.13 bits per heavy atom. The summed E-state index contributed by atoms with van der Waals surface area (Å²) in [4.78, 5) is 20.1. The number of ether oxygens (including phenoxy) is 1.